The largest absolute Gasteiger partial charge is 0.497 e. The molecule has 1 aromatic heterocycles. The van der Waals surface area contributed by atoms with Gasteiger partial charge < -0.3 is 14.2 Å². The Labute approximate surface area is 209 Å². The van der Waals surface area contributed by atoms with Gasteiger partial charge in [-0.3, -0.25) is 9.36 Å². The van der Waals surface area contributed by atoms with Crippen LogP contribution in [-0.4, -0.2) is 40.5 Å². The van der Waals surface area contributed by atoms with Crippen LogP contribution in [0.2, 0.25) is 0 Å². The van der Waals surface area contributed by atoms with E-state index in [1.165, 1.54) is 11.8 Å². The second-order valence-corrected chi connectivity index (χ2v) is 8.75. The van der Waals surface area contributed by atoms with E-state index in [2.05, 4.69) is 10.2 Å². The molecule has 0 bridgehead atoms. The summed E-state index contributed by atoms with van der Waals surface area (Å²) < 4.78 is 18.7. The molecular weight excluding hydrogens is 462 g/mol. The first kappa shape index (κ1) is 24.3. The first-order valence-electron chi connectivity index (χ1n) is 11.1. The fourth-order valence-electron chi connectivity index (χ4n) is 3.56. The number of aromatic nitrogens is 3. The predicted octanol–water partition coefficient (Wildman–Crippen LogP) is 5.21. The number of carbonyl (C=O) groups excluding carboxylic acids is 1. The lowest BCUT2D eigenvalue weighted by atomic mass is 10.1. The van der Waals surface area contributed by atoms with Gasteiger partial charge in [-0.25, -0.2) is 0 Å². The molecule has 7 nitrogen and oxygen atoms in total. The number of thioether (sulfide) groups is 1. The van der Waals surface area contributed by atoms with E-state index in [0.717, 1.165) is 16.9 Å². The average Bonchev–Trinajstić information content (AvgIpc) is 3.28. The van der Waals surface area contributed by atoms with Crippen LogP contribution in [0.5, 0.6) is 17.2 Å². The molecule has 0 radical (unpaired) electrons. The number of ether oxygens (including phenoxy) is 3. The number of nitrogens with zero attached hydrogens (tertiary/aromatic N) is 3. The minimum absolute atomic E-state index is 0.0854. The maximum absolute atomic E-state index is 13.1. The van der Waals surface area contributed by atoms with Gasteiger partial charge in [0.05, 0.1) is 32.1 Å². The highest BCUT2D eigenvalue weighted by atomic mass is 32.2. The molecule has 4 rings (SSSR count). The van der Waals surface area contributed by atoms with E-state index in [1.54, 1.807) is 32.4 Å². The van der Waals surface area contributed by atoms with E-state index in [-0.39, 0.29) is 18.1 Å². The van der Waals surface area contributed by atoms with E-state index in [0.29, 0.717) is 34.6 Å². The molecule has 0 amide bonds. The fraction of sp³-hybridized carbons (Fsp3) is 0.222. The van der Waals surface area contributed by atoms with Crippen LogP contribution in [0.1, 0.15) is 27.3 Å². The number of Topliss-reactive ketones (excluding diaryl/α,β-unsaturated/α-hetero) is 1. The number of rotatable bonds is 11. The average molecular weight is 490 g/mol. The van der Waals surface area contributed by atoms with Crippen LogP contribution in [0.15, 0.2) is 78.0 Å². The Kier molecular flexibility index (Phi) is 8.05. The Balaban J connectivity index is 1.55. The molecule has 0 saturated carbocycles. The van der Waals surface area contributed by atoms with Gasteiger partial charge in [0.1, 0.15) is 23.9 Å². The second-order valence-electron chi connectivity index (χ2n) is 7.80. The van der Waals surface area contributed by atoms with Crippen molar-refractivity contribution in [2.24, 2.45) is 0 Å². The molecule has 0 unspecified atom stereocenters. The fourth-order valence-corrected chi connectivity index (χ4v) is 4.40. The highest BCUT2D eigenvalue weighted by Gasteiger charge is 2.19. The number of benzene rings is 3. The van der Waals surface area contributed by atoms with Gasteiger partial charge >= 0.3 is 0 Å². The molecule has 3 aromatic carbocycles. The van der Waals surface area contributed by atoms with Crippen LogP contribution in [-0.2, 0) is 13.2 Å². The van der Waals surface area contributed by atoms with Crippen molar-refractivity contribution in [3.63, 3.8) is 0 Å². The Morgan fingerprint density at radius 1 is 0.914 bits per heavy atom. The van der Waals surface area contributed by atoms with Gasteiger partial charge in [-0.15, -0.1) is 10.2 Å². The minimum atomic E-state index is -0.0854. The SMILES string of the molecule is COc1ccc(OC)c(C(=O)CSc2nnc(COc3ccccc3C)n2Cc2ccccc2)c1. The summed E-state index contributed by atoms with van der Waals surface area (Å²) >= 11 is 1.34. The van der Waals surface area contributed by atoms with Gasteiger partial charge in [-0.2, -0.15) is 0 Å². The van der Waals surface area contributed by atoms with Gasteiger partial charge in [-0.05, 0) is 42.3 Å². The Bertz CT molecular complexity index is 1290. The van der Waals surface area contributed by atoms with Gasteiger partial charge in [0.15, 0.2) is 16.8 Å². The minimum Gasteiger partial charge on any atom is -0.497 e. The van der Waals surface area contributed by atoms with Crippen molar-refractivity contribution < 1.29 is 19.0 Å². The summed E-state index contributed by atoms with van der Waals surface area (Å²) in [5.74, 6) is 2.69. The molecular formula is C27H27N3O4S. The maximum Gasteiger partial charge on any atom is 0.192 e. The lowest BCUT2D eigenvalue weighted by molar-refractivity contribution is 0.101. The Morgan fingerprint density at radius 3 is 2.43 bits per heavy atom. The van der Waals surface area contributed by atoms with Crippen molar-refractivity contribution in [2.75, 3.05) is 20.0 Å². The first-order chi connectivity index (χ1) is 17.1. The Morgan fingerprint density at radius 2 is 1.69 bits per heavy atom. The zero-order chi connectivity index (χ0) is 24.6. The number of ketones is 1. The summed E-state index contributed by atoms with van der Waals surface area (Å²) in [4.78, 5) is 13.1. The Hall–Kier alpha value is -3.78. The van der Waals surface area contributed by atoms with E-state index >= 15 is 0 Å². The standard InChI is InChI=1S/C27H27N3O4S/c1-19-9-7-8-12-24(19)34-17-26-28-29-27(30(26)16-20-10-5-4-6-11-20)35-18-23(31)22-15-21(32-2)13-14-25(22)33-3/h4-15H,16-18H2,1-3H3. The van der Waals surface area contributed by atoms with Crippen LogP contribution in [0.3, 0.4) is 0 Å². The third kappa shape index (κ3) is 6.02. The monoisotopic (exact) mass is 489 g/mol. The molecule has 0 fully saturated rings. The number of methoxy groups -OCH3 is 2. The number of hydrogen-bond acceptors (Lipinski definition) is 7. The van der Waals surface area contributed by atoms with E-state index in [9.17, 15) is 4.79 Å². The van der Waals surface area contributed by atoms with E-state index < -0.39 is 0 Å². The summed E-state index contributed by atoms with van der Waals surface area (Å²) in [5, 5.41) is 9.40. The maximum atomic E-state index is 13.1. The van der Waals surface area contributed by atoms with Crippen molar-refractivity contribution in [3.05, 3.63) is 95.3 Å². The van der Waals surface area contributed by atoms with Crippen LogP contribution >= 0.6 is 11.8 Å². The molecule has 0 atom stereocenters. The van der Waals surface area contributed by atoms with Crippen molar-refractivity contribution in [1.82, 2.24) is 14.8 Å². The molecule has 0 aliphatic heterocycles. The molecule has 0 saturated heterocycles. The molecule has 0 aliphatic carbocycles. The van der Waals surface area contributed by atoms with Crippen LogP contribution in [0.25, 0.3) is 0 Å². The molecule has 0 N–H and O–H groups in total. The number of para-hydroxylation sites is 1. The molecule has 180 valence electrons. The predicted molar refractivity (Wildman–Crippen MR) is 136 cm³/mol. The zero-order valence-corrected chi connectivity index (χ0v) is 20.7. The first-order valence-corrected chi connectivity index (χ1v) is 12.1. The molecule has 0 spiro atoms. The molecule has 1 heterocycles. The molecule has 35 heavy (non-hydrogen) atoms. The summed E-state index contributed by atoms with van der Waals surface area (Å²) in [5.41, 5.74) is 2.62. The highest BCUT2D eigenvalue weighted by molar-refractivity contribution is 7.99. The van der Waals surface area contributed by atoms with Crippen molar-refractivity contribution >= 4 is 17.5 Å². The number of hydrogen-bond donors (Lipinski definition) is 0. The summed E-state index contributed by atoms with van der Waals surface area (Å²) in [6.07, 6.45) is 0. The zero-order valence-electron chi connectivity index (χ0n) is 19.9. The molecule has 0 aliphatic rings. The van der Waals surface area contributed by atoms with Crippen LogP contribution in [0, 0.1) is 6.92 Å². The molecule has 8 heteroatoms. The lowest BCUT2D eigenvalue weighted by Gasteiger charge is -2.13. The summed E-state index contributed by atoms with van der Waals surface area (Å²) in [6.45, 7) is 2.84. The summed E-state index contributed by atoms with van der Waals surface area (Å²) in [6, 6.07) is 23.1. The highest BCUT2D eigenvalue weighted by Crippen LogP contribution is 2.27. The number of aryl methyl sites for hydroxylation is 1. The van der Waals surface area contributed by atoms with Gasteiger partial charge in [0, 0.05) is 0 Å². The van der Waals surface area contributed by atoms with E-state index in [1.807, 2.05) is 66.1 Å². The van der Waals surface area contributed by atoms with Gasteiger partial charge in [0.2, 0.25) is 0 Å². The van der Waals surface area contributed by atoms with Crippen molar-refractivity contribution in [1.29, 1.82) is 0 Å². The van der Waals surface area contributed by atoms with Crippen molar-refractivity contribution in [3.8, 4) is 17.2 Å². The molecule has 4 aromatic rings. The quantitative estimate of drug-likeness (QED) is 0.212. The van der Waals surface area contributed by atoms with Gasteiger partial charge in [0.25, 0.3) is 0 Å². The third-order valence-electron chi connectivity index (χ3n) is 5.47. The lowest BCUT2D eigenvalue weighted by Crippen LogP contribution is -2.11. The van der Waals surface area contributed by atoms with E-state index in [4.69, 9.17) is 14.2 Å². The summed E-state index contributed by atoms with van der Waals surface area (Å²) in [7, 11) is 3.11. The normalized spacial score (nSPS) is 10.7. The third-order valence-corrected chi connectivity index (χ3v) is 6.43. The van der Waals surface area contributed by atoms with Crippen LogP contribution < -0.4 is 14.2 Å². The van der Waals surface area contributed by atoms with Crippen LogP contribution in [0.4, 0.5) is 0 Å². The smallest absolute Gasteiger partial charge is 0.192 e. The second kappa shape index (κ2) is 11.6. The topological polar surface area (TPSA) is 75.5 Å². The number of carbonyl (C=O) groups is 1. The van der Waals surface area contributed by atoms with Crippen molar-refractivity contribution in [2.45, 2.75) is 25.2 Å². The van der Waals surface area contributed by atoms with Gasteiger partial charge in [-0.1, -0.05) is 60.3 Å².